The minimum Gasteiger partial charge on any atom is -0.313 e. The smallest absolute Gasteiger partial charge is 0.136 e. The Morgan fingerprint density at radius 1 is 1.38 bits per heavy atom. The average Bonchev–Trinajstić information content (AvgIpc) is 1.94. The minimum atomic E-state index is -0.0426. The molecule has 0 aromatic carbocycles. The Balaban J connectivity index is 2.78. The van der Waals surface area contributed by atoms with Crippen molar-refractivity contribution in [2.45, 2.75) is 52.6 Å². The Kier molecular flexibility index (Phi) is 2.78. The van der Waals surface area contributed by atoms with Crippen LogP contribution in [0.2, 0.25) is 0 Å². The van der Waals surface area contributed by atoms with Crippen LogP contribution in [0, 0.1) is 5.41 Å². The van der Waals surface area contributed by atoms with E-state index in [4.69, 9.17) is 0 Å². The molecular weight excluding hydrogens is 166 g/mol. The summed E-state index contributed by atoms with van der Waals surface area (Å²) in [4.78, 5) is 11.3. The number of ketones is 1. The molecule has 76 valence electrons. The van der Waals surface area contributed by atoms with E-state index in [-0.39, 0.29) is 23.3 Å². The van der Waals surface area contributed by atoms with Crippen molar-refractivity contribution in [3.05, 3.63) is 0 Å². The summed E-state index contributed by atoms with van der Waals surface area (Å²) >= 11 is 0. The van der Waals surface area contributed by atoms with Crippen LogP contribution >= 0.6 is 0 Å². The number of rotatable bonds is 0. The normalized spacial score (nSPS) is 32.2. The van der Waals surface area contributed by atoms with Gasteiger partial charge in [-0.1, -0.05) is 20.8 Å². The molecule has 2 unspecified atom stereocenters. The maximum absolute atomic E-state index is 11.3. The van der Waals surface area contributed by atoms with E-state index < -0.39 is 0 Å². The predicted molar refractivity (Wildman–Crippen MR) is 50.6 cm³/mol. The molecule has 1 saturated heterocycles. The Bertz CT molecular complexity index is 207. The Morgan fingerprint density at radius 2 is 1.92 bits per heavy atom. The Hall–Kier alpha value is -0.410. The maximum atomic E-state index is 11.3. The molecule has 0 saturated carbocycles. The van der Waals surface area contributed by atoms with Crippen molar-refractivity contribution in [1.29, 1.82) is 0 Å². The van der Waals surface area contributed by atoms with Crippen molar-refractivity contribution < 1.29 is 10.0 Å². The first-order valence-corrected chi connectivity index (χ1v) is 4.81. The van der Waals surface area contributed by atoms with E-state index in [9.17, 15) is 10.0 Å². The van der Waals surface area contributed by atoms with Gasteiger partial charge in [0.05, 0.1) is 0 Å². The lowest BCUT2D eigenvalue weighted by Crippen LogP contribution is -2.51. The topological polar surface area (TPSA) is 40.5 Å². The lowest BCUT2D eigenvalue weighted by atomic mass is 9.80. The van der Waals surface area contributed by atoms with Crippen LogP contribution in [0.3, 0.4) is 0 Å². The highest BCUT2D eigenvalue weighted by Gasteiger charge is 2.38. The fourth-order valence-corrected chi connectivity index (χ4v) is 1.83. The zero-order valence-corrected chi connectivity index (χ0v) is 8.87. The highest BCUT2D eigenvalue weighted by atomic mass is 16.5. The fourth-order valence-electron chi connectivity index (χ4n) is 1.83. The first-order valence-electron chi connectivity index (χ1n) is 4.81. The van der Waals surface area contributed by atoms with E-state index in [2.05, 4.69) is 0 Å². The minimum absolute atomic E-state index is 0.0366. The Labute approximate surface area is 79.7 Å². The number of carbonyl (C=O) groups excluding carboxylic acids is 1. The van der Waals surface area contributed by atoms with Crippen LogP contribution < -0.4 is 0 Å². The molecule has 1 aliphatic rings. The van der Waals surface area contributed by atoms with Gasteiger partial charge < -0.3 is 5.21 Å². The van der Waals surface area contributed by atoms with Gasteiger partial charge in [0, 0.05) is 24.9 Å². The molecule has 3 nitrogen and oxygen atoms in total. The first-order chi connectivity index (χ1) is 5.82. The third-order valence-electron chi connectivity index (χ3n) is 2.71. The third kappa shape index (κ3) is 2.29. The van der Waals surface area contributed by atoms with Crippen molar-refractivity contribution >= 4 is 5.78 Å². The lowest BCUT2D eigenvalue weighted by molar-refractivity contribution is -0.197. The van der Waals surface area contributed by atoms with E-state index in [0.29, 0.717) is 12.8 Å². The van der Waals surface area contributed by atoms with Gasteiger partial charge in [0.25, 0.3) is 0 Å². The van der Waals surface area contributed by atoms with Gasteiger partial charge in [0.1, 0.15) is 5.78 Å². The molecule has 13 heavy (non-hydrogen) atoms. The highest BCUT2D eigenvalue weighted by molar-refractivity contribution is 5.80. The van der Waals surface area contributed by atoms with Gasteiger partial charge in [0.2, 0.25) is 0 Å². The number of nitrogens with zero attached hydrogens (tertiary/aromatic N) is 1. The molecule has 0 aliphatic carbocycles. The second kappa shape index (κ2) is 3.39. The van der Waals surface area contributed by atoms with E-state index in [1.807, 2.05) is 27.7 Å². The SMILES string of the molecule is CC1CC(=O)CC(C(C)(C)C)N1O. The van der Waals surface area contributed by atoms with Gasteiger partial charge in [-0.25, -0.2) is 0 Å². The van der Waals surface area contributed by atoms with Crippen LogP contribution in [0.4, 0.5) is 0 Å². The Morgan fingerprint density at radius 3 is 2.38 bits per heavy atom. The molecule has 1 aliphatic heterocycles. The monoisotopic (exact) mass is 185 g/mol. The summed E-state index contributed by atoms with van der Waals surface area (Å²) < 4.78 is 0. The summed E-state index contributed by atoms with van der Waals surface area (Å²) in [6, 6.07) is -0.0748. The van der Waals surface area contributed by atoms with Crippen LogP contribution in [-0.2, 0) is 4.79 Å². The predicted octanol–water partition coefficient (Wildman–Crippen LogP) is 1.84. The van der Waals surface area contributed by atoms with Crippen molar-refractivity contribution in [2.24, 2.45) is 5.41 Å². The summed E-state index contributed by atoms with van der Waals surface area (Å²) in [6.45, 7) is 8.03. The summed E-state index contributed by atoms with van der Waals surface area (Å²) in [6.07, 6.45) is 0.952. The maximum Gasteiger partial charge on any atom is 0.136 e. The third-order valence-corrected chi connectivity index (χ3v) is 2.71. The highest BCUT2D eigenvalue weighted by Crippen LogP contribution is 2.31. The van der Waals surface area contributed by atoms with Gasteiger partial charge in [-0.3, -0.25) is 4.79 Å². The van der Waals surface area contributed by atoms with Crippen molar-refractivity contribution in [1.82, 2.24) is 5.06 Å². The number of hydrogen-bond acceptors (Lipinski definition) is 3. The van der Waals surface area contributed by atoms with Crippen LogP contribution in [0.15, 0.2) is 0 Å². The molecule has 0 amide bonds. The van der Waals surface area contributed by atoms with E-state index in [0.717, 1.165) is 0 Å². The summed E-state index contributed by atoms with van der Waals surface area (Å²) in [7, 11) is 0. The lowest BCUT2D eigenvalue weighted by Gasteiger charge is -2.42. The molecule has 1 N–H and O–H groups in total. The van der Waals surface area contributed by atoms with Crippen LogP contribution in [-0.4, -0.2) is 28.1 Å². The molecule has 1 heterocycles. The first kappa shape index (κ1) is 10.7. The largest absolute Gasteiger partial charge is 0.313 e. The second-order valence-corrected chi connectivity index (χ2v) is 5.06. The van der Waals surface area contributed by atoms with Crippen molar-refractivity contribution in [3.8, 4) is 0 Å². The molecule has 0 aromatic rings. The van der Waals surface area contributed by atoms with Gasteiger partial charge in [0.15, 0.2) is 0 Å². The van der Waals surface area contributed by atoms with Crippen molar-refractivity contribution in [3.63, 3.8) is 0 Å². The zero-order chi connectivity index (χ0) is 10.2. The van der Waals surface area contributed by atoms with Crippen molar-refractivity contribution in [2.75, 3.05) is 0 Å². The molecule has 1 rings (SSSR count). The van der Waals surface area contributed by atoms with Gasteiger partial charge in [-0.2, -0.15) is 5.06 Å². The number of carbonyl (C=O) groups is 1. The molecule has 3 heteroatoms. The zero-order valence-electron chi connectivity index (χ0n) is 8.87. The molecule has 0 spiro atoms. The second-order valence-electron chi connectivity index (χ2n) is 5.06. The standard InChI is InChI=1S/C10H19NO2/c1-7-5-8(12)6-9(11(7)13)10(2,3)4/h7,9,13H,5-6H2,1-4H3. The number of Topliss-reactive ketones (excluding diaryl/α,β-unsaturated/α-hetero) is 1. The molecule has 0 bridgehead atoms. The van der Waals surface area contributed by atoms with Gasteiger partial charge in [-0.05, 0) is 12.3 Å². The van der Waals surface area contributed by atoms with E-state index >= 15 is 0 Å². The average molecular weight is 185 g/mol. The van der Waals surface area contributed by atoms with E-state index in [1.165, 1.54) is 5.06 Å². The molecule has 0 aromatic heterocycles. The van der Waals surface area contributed by atoms with Crippen LogP contribution in [0.5, 0.6) is 0 Å². The van der Waals surface area contributed by atoms with Crippen LogP contribution in [0.1, 0.15) is 40.5 Å². The molecule has 0 radical (unpaired) electrons. The summed E-state index contributed by atoms with van der Waals surface area (Å²) in [5, 5.41) is 11.1. The van der Waals surface area contributed by atoms with Gasteiger partial charge >= 0.3 is 0 Å². The van der Waals surface area contributed by atoms with Crippen LogP contribution in [0.25, 0.3) is 0 Å². The number of hydroxylamine groups is 2. The van der Waals surface area contributed by atoms with Gasteiger partial charge in [-0.15, -0.1) is 0 Å². The molecule has 1 fully saturated rings. The van der Waals surface area contributed by atoms with E-state index in [1.54, 1.807) is 0 Å². The molecule has 2 atom stereocenters. The quantitative estimate of drug-likeness (QED) is 0.626. The fraction of sp³-hybridized carbons (Fsp3) is 0.900. The number of piperidine rings is 1. The summed E-state index contributed by atoms with van der Waals surface area (Å²) in [5.41, 5.74) is -0.0426. The summed E-state index contributed by atoms with van der Waals surface area (Å²) in [5.74, 6) is 0.262. The molecular formula is C10H19NO2. The number of hydrogen-bond donors (Lipinski definition) is 1.